The SMILES string of the molecule is CCCN(CC)CCN(CCC)c1ccccc1. The van der Waals surface area contributed by atoms with Crippen molar-refractivity contribution in [3.05, 3.63) is 30.3 Å². The van der Waals surface area contributed by atoms with Crippen LogP contribution in [0.1, 0.15) is 33.6 Å². The first-order valence-electron chi connectivity index (χ1n) is 7.34. The fourth-order valence-corrected chi connectivity index (χ4v) is 2.29. The Morgan fingerprint density at radius 1 is 0.778 bits per heavy atom. The molecule has 0 bridgehead atoms. The van der Waals surface area contributed by atoms with Gasteiger partial charge in [-0.1, -0.05) is 39.0 Å². The van der Waals surface area contributed by atoms with E-state index >= 15 is 0 Å². The molecule has 0 radical (unpaired) electrons. The molecule has 0 N–H and O–H groups in total. The average molecular weight is 248 g/mol. The van der Waals surface area contributed by atoms with E-state index in [-0.39, 0.29) is 0 Å². The maximum atomic E-state index is 2.53. The zero-order valence-corrected chi connectivity index (χ0v) is 12.2. The lowest BCUT2D eigenvalue weighted by Gasteiger charge is -2.28. The minimum atomic E-state index is 1.13. The topological polar surface area (TPSA) is 6.48 Å². The Morgan fingerprint density at radius 3 is 2.00 bits per heavy atom. The molecule has 0 amide bonds. The third kappa shape index (κ3) is 5.09. The van der Waals surface area contributed by atoms with Gasteiger partial charge in [0.2, 0.25) is 0 Å². The van der Waals surface area contributed by atoms with Gasteiger partial charge in [0.25, 0.3) is 0 Å². The summed E-state index contributed by atoms with van der Waals surface area (Å²) in [4.78, 5) is 5.03. The predicted octanol–water partition coefficient (Wildman–Crippen LogP) is 3.63. The lowest BCUT2D eigenvalue weighted by Crippen LogP contribution is -2.36. The number of likely N-dealkylation sites (N-methyl/N-ethyl adjacent to an activating group) is 1. The minimum absolute atomic E-state index is 1.13. The number of benzene rings is 1. The molecule has 0 saturated carbocycles. The van der Waals surface area contributed by atoms with E-state index in [4.69, 9.17) is 0 Å². The summed E-state index contributed by atoms with van der Waals surface area (Å²) in [7, 11) is 0. The zero-order valence-electron chi connectivity index (χ0n) is 12.2. The van der Waals surface area contributed by atoms with Crippen LogP contribution in [0.4, 0.5) is 5.69 Å². The molecule has 1 aromatic carbocycles. The molecule has 0 aliphatic heterocycles. The summed E-state index contributed by atoms with van der Waals surface area (Å²) in [5.74, 6) is 0. The maximum absolute atomic E-state index is 2.53. The molecule has 0 unspecified atom stereocenters. The Bertz CT molecular complexity index is 297. The molecule has 0 spiro atoms. The Hall–Kier alpha value is -1.02. The van der Waals surface area contributed by atoms with E-state index in [1.54, 1.807) is 0 Å². The normalized spacial score (nSPS) is 10.9. The van der Waals surface area contributed by atoms with Crippen LogP contribution in [-0.2, 0) is 0 Å². The van der Waals surface area contributed by atoms with Gasteiger partial charge in [-0.25, -0.2) is 0 Å². The van der Waals surface area contributed by atoms with Crippen LogP contribution in [0, 0.1) is 0 Å². The fraction of sp³-hybridized carbons (Fsp3) is 0.625. The van der Waals surface area contributed by atoms with Gasteiger partial charge >= 0.3 is 0 Å². The van der Waals surface area contributed by atoms with Crippen LogP contribution in [-0.4, -0.2) is 37.6 Å². The van der Waals surface area contributed by atoms with Crippen LogP contribution in [0.25, 0.3) is 0 Å². The molecule has 2 nitrogen and oxygen atoms in total. The molecule has 1 aromatic rings. The van der Waals surface area contributed by atoms with Crippen LogP contribution in [0.5, 0.6) is 0 Å². The quantitative estimate of drug-likeness (QED) is 0.658. The van der Waals surface area contributed by atoms with Crippen LogP contribution in [0.2, 0.25) is 0 Å². The molecule has 0 atom stereocenters. The van der Waals surface area contributed by atoms with Gasteiger partial charge in [-0.2, -0.15) is 0 Å². The van der Waals surface area contributed by atoms with E-state index < -0.39 is 0 Å². The van der Waals surface area contributed by atoms with Crippen molar-refractivity contribution in [2.75, 3.05) is 37.6 Å². The molecule has 0 aliphatic carbocycles. The van der Waals surface area contributed by atoms with Crippen molar-refractivity contribution in [3.63, 3.8) is 0 Å². The number of hydrogen-bond donors (Lipinski definition) is 0. The van der Waals surface area contributed by atoms with Crippen LogP contribution >= 0.6 is 0 Å². The van der Waals surface area contributed by atoms with E-state index in [1.165, 1.54) is 31.6 Å². The van der Waals surface area contributed by atoms with Gasteiger partial charge in [-0.3, -0.25) is 0 Å². The van der Waals surface area contributed by atoms with Crippen molar-refractivity contribution in [1.29, 1.82) is 0 Å². The second-order valence-electron chi connectivity index (χ2n) is 4.76. The third-order valence-corrected chi connectivity index (χ3v) is 3.29. The molecule has 102 valence electrons. The van der Waals surface area contributed by atoms with Crippen molar-refractivity contribution in [3.8, 4) is 0 Å². The summed E-state index contributed by atoms with van der Waals surface area (Å²) in [5, 5.41) is 0. The number of rotatable bonds is 9. The summed E-state index contributed by atoms with van der Waals surface area (Å²) < 4.78 is 0. The lowest BCUT2D eigenvalue weighted by atomic mass is 10.2. The molecule has 0 aromatic heterocycles. The van der Waals surface area contributed by atoms with Crippen LogP contribution < -0.4 is 4.90 Å². The van der Waals surface area contributed by atoms with Crippen molar-refractivity contribution in [2.45, 2.75) is 33.6 Å². The first-order chi connectivity index (χ1) is 8.81. The predicted molar refractivity (Wildman–Crippen MR) is 81.4 cm³/mol. The number of para-hydroxylation sites is 1. The third-order valence-electron chi connectivity index (χ3n) is 3.29. The lowest BCUT2D eigenvalue weighted by molar-refractivity contribution is 0.294. The van der Waals surface area contributed by atoms with Gasteiger partial charge in [0.05, 0.1) is 0 Å². The summed E-state index contributed by atoms with van der Waals surface area (Å²) in [6.07, 6.45) is 2.45. The molecule has 2 heteroatoms. The fourth-order valence-electron chi connectivity index (χ4n) is 2.29. The van der Waals surface area contributed by atoms with Gasteiger partial charge < -0.3 is 9.80 Å². The first-order valence-corrected chi connectivity index (χ1v) is 7.34. The molecule has 18 heavy (non-hydrogen) atoms. The van der Waals surface area contributed by atoms with Gasteiger partial charge in [-0.15, -0.1) is 0 Å². The maximum Gasteiger partial charge on any atom is 0.0366 e. The van der Waals surface area contributed by atoms with Crippen LogP contribution in [0.15, 0.2) is 30.3 Å². The zero-order chi connectivity index (χ0) is 13.2. The number of anilines is 1. The van der Waals surface area contributed by atoms with E-state index in [9.17, 15) is 0 Å². The smallest absolute Gasteiger partial charge is 0.0366 e. The number of hydrogen-bond acceptors (Lipinski definition) is 2. The molecule has 0 saturated heterocycles. The highest BCUT2D eigenvalue weighted by atomic mass is 15.2. The Morgan fingerprint density at radius 2 is 1.44 bits per heavy atom. The molecule has 1 rings (SSSR count). The van der Waals surface area contributed by atoms with Crippen molar-refractivity contribution in [2.24, 2.45) is 0 Å². The first kappa shape index (κ1) is 15.0. The minimum Gasteiger partial charge on any atom is -0.370 e. The molecule has 0 heterocycles. The summed E-state index contributed by atoms with van der Waals surface area (Å²) >= 11 is 0. The van der Waals surface area contributed by atoms with E-state index in [0.717, 1.165) is 19.6 Å². The van der Waals surface area contributed by atoms with Gasteiger partial charge in [0.15, 0.2) is 0 Å². The molecular formula is C16H28N2. The highest BCUT2D eigenvalue weighted by Gasteiger charge is 2.07. The molecular weight excluding hydrogens is 220 g/mol. The Kier molecular flexibility index (Phi) is 7.51. The Labute approximate surface area is 113 Å². The standard InChI is InChI=1S/C16H28N2/c1-4-12-17(6-3)14-15-18(13-5-2)16-10-8-7-9-11-16/h7-11H,4-6,12-15H2,1-3H3. The second-order valence-corrected chi connectivity index (χ2v) is 4.76. The summed E-state index contributed by atoms with van der Waals surface area (Å²) in [6.45, 7) is 12.6. The van der Waals surface area contributed by atoms with Gasteiger partial charge in [0.1, 0.15) is 0 Å². The van der Waals surface area contributed by atoms with E-state index in [2.05, 4.69) is 60.9 Å². The monoisotopic (exact) mass is 248 g/mol. The van der Waals surface area contributed by atoms with Crippen molar-refractivity contribution in [1.82, 2.24) is 4.90 Å². The largest absolute Gasteiger partial charge is 0.370 e. The number of nitrogens with zero attached hydrogens (tertiary/aromatic N) is 2. The summed E-state index contributed by atoms with van der Waals surface area (Å²) in [6, 6.07) is 10.8. The van der Waals surface area contributed by atoms with E-state index in [1.807, 2.05) is 0 Å². The van der Waals surface area contributed by atoms with Crippen molar-refractivity contribution >= 4 is 5.69 Å². The van der Waals surface area contributed by atoms with Crippen LogP contribution in [0.3, 0.4) is 0 Å². The second kappa shape index (κ2) is 8.98. The van der Waals surface area contributed by atoms with E-state index in [0.29, 0.717) is 0 Å². The summed E-state index contributed by atoms with van der Waals surface area (Å²) in [5.41, 5.74) is 1.35. The molecule has 0 aliphatic rings. The average Bonchev–Trinajstić information content (AvgIpc) is 2.43. The van der Waals surface area contributed by atoms with Crippen molar-refractivity contribution < 1.29 is 0 Å². The Balaban J connectivity index is 2.53. The van der Waals surface area contributed by atoms with Gasteiger partial charge in [0, 0.05) is 25.3 Å². The molecule has 0 fully saturated rings. The highest BCUT2D eigenvalue weighted by molar-refractivity contribution is 5.45. The highest BCUT2D eigenvalue weighted by Crippen LogP contribution is 2.13. The van der Waals surface area contributed by atoms with Gasteiger partial charge in [-0.05, 0) is 38.1 Å².